The average Bonchev–Trinajstić information content (AvgIpc) is 2.45. The smallest absolute Gasteiger partial charge is 0.326 e. The van der Waals surface area contributed by atoms with Crippen LogP contribution in [0.5, 0.6) is 0 Å². The summed E-state index contributed by atoms with van der Waals surface area (Å²) in [5.41, 5.74) is 0.579. The summed E-state index contributed by atoms with van der Waals surface area (Å²) in [6.07, 6.45) is -0.0915. The van der Waals surface area contributed by atoms with Crippen molar-refractivity contribution in [2.75, 3.05) is 18.6 Å². The molecule has 0 aliphatic rings. The van der Waals surface area contributed by atoms with E-state index in [4.69, 9.17) is 10.2 Å². The fourth-order valence-corrected chi connectivity index (χ4v) is 1.75. The number of carboxylic acids is 1. The van der Waals surface area contributed by atoms with Crippen molar-refractivity contribution in [3.8, 4) is 0 Å². The standard InChI is InChI=1S/C14H18N2O5/c1-9(18)16(2)12-6-4-3-5-10(12)13(19)15-11(7-8-17)14(20)21/h3-6,11,17H,7-8H2,1-2H3,(H,15,19)(H,20,21)/t11-/m1/s1. The van der Waals surface area contributed by atoms with Crippen LogP contribution in [-0.2, 0) is 9.59 Å². The Kier molecular flexibility index (Phi) is 5.86. The number of carboxylic acid groups (broad SMARTS) is 1. The van der Waals surface area contributed by atoms with Crippen LogP contribution in [0.1, 0.15) is 23.7 Å². The third-order valence-corrected chi connectivity index (χ3v) is 3.00. The van der Waals surface area contributed by atoms with Crippen molar-refractivity contribution in [3.63, 3.8) is 0 Å². The van der Waals surface area contributed by atoms with Gasteiger partial charge < -0.3 is 20.4 Å². The van der Waals surface area contributed by atoms with Crippen LogP contribution in [0.4, 0.5) is 5.69 Å². The van der Waals surface area contributed by atoms with Crippen LogP contribution < -0.4 is 10.2 Å². The summed E-state index contributed by atoms with van der Waals surface area (Å²) < 4.78 is 0. The monoisotopic (exact) mass is 294 g/mol. The summed E-state index contributed by atoms with van der Waals surface area (Å²) in [7, 11) is 1.52. The number of hydrogen-bond acceptors (Lipinski definition) is 4. The third-order valence-electron chi connectivity index (χ3n) is 3.00. The van der Waals surface area contributed by atoms with Crippen molar-refractivity contribution < 1.29 is 24.6 Å². The van der Waals surface area contributed by atoms with Gasteiger partial charge in [-0.3, -0.25) is 9.59 Å². The van der Waals surface area contributed by atoms with Gasteiger partial charge in [0.1, 0.15) is 6.04 Å². The summed E-state index contributed by atoms with van der Waals surface area (Å²) in [6.45, 7) is 1.01. The Morgan fingerprint density at radius 2 is 1.90 bits per heavy atom. The summed E-state index contributed by atoms with van der Waals surface area (Å²) in [5, 5.41) is 20.1. The second-order valence-electron chi connectivity index (χ2n) is 4.47. The van der Waals surface area contributed by atoms with E-state index in [1.54, 1.807) is 18.2 Å². The number of carbonyl (C=O) groups excluding carboxylic acids is 2. The molecule has 7 heteroatoms. The molecular formula is C14H18N2O5. The van der Waals surface area contributed by atoms with Crippen molar-refractivity contribution in [3.05, 3.63) is 29.8 Å². The number of nitrogens with one attached hydrogen (secondary N) is 1. The third kappa shape index (κ3) is 4.28. The fourth-order valence-electron chi connectivity index (χ4n) is 1.75. The highest BCUT2D eigenvalue weighted by Crippen LogP contribution is 2.19. The Morgan fingerprint density at radius 1 is 1.29 bits per heavy atom. The van der Waals surface area contributed by atoms with Crippen molar-refractivity contribution in [1.29, 1.82) is 0 Å². The molecule has 1 aromatic carbocycles. The van der Waals surface area contributed by atoms with Gasteiger partial charge in [-0.15, -0.1) is 0 Å². The molecule has 1 atom stereocenters. The highest BCUT2D eigenvalue weighted by Gasteiger charge is 2.22. The number of anilines is 1. The first kappa shape index (κ1) is 16.6. The molecule has 2 amide bonds. The predicted octanol–water partition coefficient (Wildman–Crippen LogP) is 0.235. The molecule has 1 rings (SSSR count). The first-order chi connectivity index (χ1) is 9.88. The number of hydrogen-bond donors (Lipinski definition) is 3. The zero-order chi connectivity index (χ0) is 16.0. The van der Waals surface area contributed by atoms with E-state index in [1.807, 2.05) is 0 Å². The summed E-state index contributed by atoms with van der Waals surface area (Å²) in [6, 6.07) is 5.21. The first-order valence-electron chi connectivity index (χ1n) is 6.36. The van der Waals surface area contributed by atoms with Crippen LogP contribution in [0, 0.1) is 0 Å². The number of benzene rings is 1. The number of aliphatic hydroxyl groups excluding tert-OH is 1. The summed E-state index contributed by atoms with van der Waals surface area (Å²) in [4.78, 5) is 35.9. The van der Waals surface area contributed by atoms with E-state index in [0.29, 0.717) is 5.69 Å². The fraction of sp³-hybridized carbons (Fsp3) is 0.357. The molecule has 0 spiro atoms. The molecule has 0 heterocycles. The van der Waals surface area contributed by atoms with Gasteiger partial charge >= 0.3 is 5.97 Å². The van der Waals surface area contributed by atoms with Gasteiger partial charge in [-0.2, -0.15) is 0 Å². The van der Waals surface area contributed by atoms with Gasteiger partial charge in [-0.25, -0.2) is 4.79 Å². The molecule has 7 nitrogen and oxygen atoms in total. The van der Waals surface area contributed by atoms with Crippen molar-refractivity contribution in [1.82, 2.24) is 5.32 Å². The maximum atomic E-state index is 12.2. The molecule has 21 heavy (non-hydrogen) atoms. The van der Waals surface area contributed by atoms with Crippen molar-refractivity contribution >= 4 is 23.5 Å². The lowest BCUT2D eigenvalue weighted by Gasteiger charge is -2.20. The number of amides is 2. The van der Waals surface area contributed by atoms with Crippen LogP contribution >= 0.6 is 0 Å². The van der Waals surface area contributed by atoms with Crippen LogP contribution in [0.3, 0.4) is 0 Å². The Balaban J connectivity index is 3.02. The molecule has 3 N–H and O–H groups in total. The molecule has 0 bridgehead atoms. The van der Waals surface area contributed by atoms with Crippen LogP contribution in [-0.4, -0.2) is 47.7 Å². The molecule has 0 aliphatic carbocycles. The Morgan fingerprint density at radius 3 is 2.43 bits per heavy atom. The van der Waals surface area contributed by atoms with Gasteiger partial charge in [0.15, 0.2) is 0 Å². The zero-order valence-corrected chi connectivity index (χ0v) is 11.9. The minimum Gasteiger partial charge on any atom is -0.480 e. The molecule has 0 saturated carbocycles. The maximum absolute atomic E-state index is 12.2. The topological polar surface area (TPSA) is 107 Å². The number of aliphatic hydroxyl groups is 1. The van der Waals surface area contributed by atoms with Gasteiger partial charge in [-0.05, 0) is 12.1 Å². The predicted molar refractivity (Wildman–Crippen MR) is 76.1 cm³/mol. The molecule has 0 unspecified atom stereocenters. The second-order valence-corrected chi connectivity index (χ2v) is 4.47. The molecule has 1 aromatic rings. The Hall–Kier alpha value is -2.41. The lowest BCUT2D eigenvalue weighted by molar-refractivity contribution is -0.139. The zero-order valence-electron chi connectivity index (χ0n) is 11.9. The molecule has 0 radical (unpaired) electrons. The molecule has 0 fully saturated rings. The number of nitrogens with zero attached hydrogens (tertiary/aromatic N) is 1. The SMILES string of the molecule is CC(=O)N(C)c1ccccc1C(=O)N[C@H](CCO)C(=O)O. The van der Waals surface area contributed by atoms with E-state index in [9.17, 15) is 14.4 Å². The lowest BCUT2D eigenvalue weighted by atomic mass is 10.1. The van der Waals surface area contributed by atoms with Gasteiger partial charge in [0.25, 0.3) is 5.91 Å². The minimum absolute atomic E-state index is 0.0915. The number of para-hydroxylation sites is 1. The van der Waals surface area contributed by atoms with Gasteiger partial charge in [-0.1, -0.05) is 12.1 Å². The first-order valence-corrected chi connectivity index (χ1v) is 6.36. The minimum atomic E-state index is -1.23. The van der Waals surface area contributed by atoms with Crippen LogP contribution in [0.15, 0.2) is 24.3 Å². The molecule has 0 aromatic heterocycles. The number of aliphatic carboxylic acids is 1. The largest absolute Gasteiger partial charge is 0.480 e. The van der Waals surface area contributed by atoms with E-state index in [2.05, 4.69) is 5.32 Å². The summed E-state index contributed by atoms with van der Waals surface area (Å²) in [5.74, 6) is -2.09. The van der Waals surface area contributed by atoms with Crippen LogP contribution in [0.2, 0.25) is 0 Å². The summed E-state index contributed by atoms with van der Waals surface area (Å²) >= 11 is 0. The normalized spacial score (nSPS) is 11.6. The highest BCUT2D eigenvalue weighted by molar-refractivity contribution is 6.05. The van der Waals surface area contributed by atoms with Gasteiger partial charge in [0, 0.05) is 27.0 Å². The van der Waals surface area contributed by atoms with E-state index in [1.165, 1.54) is 24.9 Å². The number of carbonyl (C=O) groups is 3. The van der Waals surface area contributed by atoms with Gasteiger partial charge in [0.2, 0.25) is 5.91 Å². The lowest BCUT2D eigenvalue weighted by Crippen LogP contribution is -2.42. The maximum Gasteiger partial charge on any atom is 0.326 e. The average molecular weight is 294 g/mol. The van der Waals surface area contributed by atoms with Crippen molar-refractivity contribution in [2.24, 2.45) is 0 Å². The van der Waals surface area contributed by atoms with E-state index in [0.717, 1.165) is 0 Å². The quantitative estimate of drug-likeness (QED) is 0.696. The van der Waals surface area contributed by atoms with Crippen molar-refractivity contribution in [2.45, 2.75) is 19.4 Å². The Bertz CT molecular complexity index is 544. The molecule has 0 aliphatic heterocycles. The van der Waals surface area contributed by atoms with E-state index in [-0.39, 0.29) is 24.5 Å². The second kappa shape index (κ2) is 7.39. The molecule has 0 saturated heterocycles. The highest BCUT2D eigenvalue weighted by atomic mass is 16.4. The number of rotatable bonds is 6. The molecular weight excluding hydrogens is 276 g/mol. The van der Waals surface area contributed by atoms with Crippen LogP contribution in [0.25, 0.3) is 0 Å². The van der Waals surface area contributed by atoms with E-state index < -0.39 is 17.9 Å². The molecule has 114 valence electrons. The Labute approximate surface area is 122 Å². The van der Waals surface area contributed by atoms with E-state index >= 15 is 0 Å². The van der Waals surface area contributed by atoms with Gasteiger partial charge in [0.05, 0.1) is 11.3 Å².